The SMILES string of the molecule is [O-]CC12CCC(CC1)CC2. The van der Waals surface area contributed by atoms with Crippen LogP contribution in [-0.2, 0) is 0 Å². The normalized spacial score (nSPS) is 45.9. The molecule has 0 N–H and O–H groups in total. The molecule has 0 heterocycles. The Labute approximate surface area is 62.4 Å². The van der Waals surface area contributed by atoms with Gasteiger partial charge in [-0.2, -0.15) is 0 Å². The van der Waals surface area contributed by atoms with Crippen molar-refractivity contribution in [3.63, 3.8) is 0 Å². The van der Waals surface area contributed by atoms with E-state index >= 15 is 0 Å². The van der Waals surface area contributed by atoms with Gasteiger partial charge in [0, 0.05) is 0 Å². The Hall–Kier alpha value is -0.0400. The van der Waals surface area contributed by atoms with Crippen LogP contribution >= 0.6 is 0 Å². The monoisotopic (exact) mass is 139 g/mol. The second-order valence-electron chi connectivity index (χ2n) is 4.13. The molecule has 2 bridgehead atoms. The molecule has 1 nitrogen and oxygen atoms in total. The van der Waals surface area contributed by atoms with Crippen molar-refractivity contribution in [1.82, 2.24) is 0 Å². The van der Waals surface area contributed by atoms with E-state index in [1.807, 2.05) is 0 Å². The Kier molecular flexibility index (Phi) is 1.48. The third-order valence-electron chi connectivity index (χ3n) is 3.55. The first-order valence-electron chi connectivity index (χ1n) is 4.43. The lowest BCUT2D eigenvalue weighted by molar-refractivity contribution is -0.398. The van der Waals surface area contributed by atoms with Crippen molar-refractivity contribution in [3.8, 4) is 0 Å². The van der Waals surface area contributed by atoms with Gasteiger partial charge in [-0.25, -0.2) is 0 Å². The van der Waals surface area contributed by atoms with E-state index in [2.05, 4.69) is 0 Å². The standard InChI is InChI=1S/C9H15O/c10-7-9-4-1-8(2-5-9)3-6-9/h8H,1-7H2/q-1. The van der Waals surface area contributed by atoms with Crippen LogP contribution in [-0.4, -0.2) is 6.61 Å². The number of rotatable bonds is 1. The first kappa shape index (κ1) is 6.66. The molecular weight excluding hydrogens is 124 g/mol. The summed E-state index contributed by atoms with van der Waals surface area (Å²) in [4.78, 5) is 0. The lowest BCUT2D eigenvalue weighted by Crippen LogP contribution is -2.40. The molecule has 58 valence electrons. The van der Waals surface area contributed by atoms with E-state index in [1.165, 1.54) is 38.5 Å². The van der Waals surface area contributed by atoms with Gasteiger partial charge in [-0.1, -0.05) is 0 Å². The average Bonchev–Trinajstić information content (AvgIpc) is 2.08. The Balaban J connectivity index is 2.08. The van der Waals surface area contributed by atoms with Gasteiger partial charge in [0.1, 0.15) is 0 Å². The van der Waals surface area contributed by atoms with Crippen molar-refractivity contribution in [1.29, 1.82) is 0 Å². The van der Waals surface area contributed by atoms with E-state index in [9.17, 15) is 5.11 Å². The minimum atomic E-state index is 0.194. The third-order valence-corrected chi connectivity index (χ3v) is 3.55. The molecule has 0 spiro atoms. The minimum Gasteiger partial charge on any atom is -0.854 e. The van der Waals surface area contributed by atoms with Crippen molar-refractivity contribution in [2.24, 2.45) is 11.3 Å². The van der Waals surface area contributed by atoms with Crippen molar-refractivity contribution < 1.29 is 5.11 Å². The molecule has 0 amide bonds. The Bertz CT molecular complexity index is 109. The summed E-state index contributed by atoms with van der Waals surface area (Å²) < 4.78 is 0. The molecule has 0 unspecified atom stereocenters. The van der Waals surface area contributed by atoms with Crippen LogP contribution in [0.5, 0.6) is 0 Å². The molecule has 0 aromatic carbocycles. The van der Waals surface area contributed by atoms with Crippen LogP contribution in [0.25, 0.3) is 0 Å². The summed E-state index contributed by atoms with van der Waals surface area (Å²) in [5.41, 5.74) is 0.273. The summed E-state index contributed by atoms with van der Waals surface area (Å²) in [6, 6.07) is 0. The van der Waals surface area contributed by atoms with E-state index in [0.29, 0.717) is 0 Å². The van der Waals surface area contributed by atoms with Gasteiger partial charge in [0.15, 0.2) is 0 Å². The van der Waals surface area contributed by atoms with Crippen molar-refractivity contribution in [2.75, 3.05) is 6.61 Å². The zero-order chi connectivity index (χ0) is 7.03. The second-order valence-corrected chi connectivity index (χ2v) is 4.13. The molecule has 3 saturated carbocycles. The van der Waals surface area contributed by atoms with Crippen molar-refractivity contribution >= 4 is 0 Å². The summed E-state index contributed by atoms with van der Waals surface area (Å²) in [6.07, 6.45) is 7.76. The van der Waals surface area contributed by atoms with E-state index in [-0.39, 0.29) is 12.0 Å². The highest BCUT2D eigenvalue weighted by Gasteiger charge is 2.36. The zero-order valence-electron chi connectivity index (χ0n) is 6.44. The predicted molar refractivity (Wildman–Crippen MR) is 38.5 cm³/mol. The first-order valence-corrected chi connectivity index (χ1v) is 4.43. The largest absolute Gasteiger partial charge is 0.854 e. The maximum Gasteiger partial charge on any atom is -0.0414 e. The van der Waals surface area contributed by atoms with Gasteiger partial charge >= 0.3 is 0 Å². The average molecular weight is 139 g/mol. The molecule has 3 aliphatic rings. The highest BCUT2D eigenvalue weighted by Crippen LogP contribution is 2.49. The summed E-state index contributed by atoms with van der Waals surface area (Å²) >= 11 is 0. The number of hydrogen-bond acceptors (Lipinski definition) is 1. The molecule has 10 heavy (non-hydrogen) atoms. The lowest BCUT2D eigenvalue weighted by atomic mass is 9.61. The zero-order valence-corrected chi connectivity index (χ0v) is 6.44. The van der Waals surface area contributed by atoms with Gasteiger partial charge < -0.3 is 5.11 Å². The van der Waals surface area contributed by atoms with Gasteiger partial charge in [0.2, 0.25) is 0 Å². The summed E-state index contributed by atoms with van der Waals surface area (Å²) in [6.45, 7) is 0.194. The lowest BCUT2D eigenvalue weighted by Gasteiger charge is -2.48. The summed E-state index contributed by atoms with van der Waals surface area (Å²) in [7, 11) is 0. The van der Waals surface area contributed by atoms with Crippen LogP contribution in [0.3, 0.4) is 0 Å². The maximum absolute atomic E-state index is 10.9. The molecule has 3 fully saturated rings. The molecule has 3 rings (SSSR count). The van der Waals surface area contributed by atoms with E-state index in [0.717, 1.165) is 5.92 Å². The minimum absolute atomic E-state index is 0.194. The third kappa shape index (κ3) is 0.878. The van der Waals surface area contributed by atoms with Gasteiger partial charge in [-0.15, -0.1) is 6.61 Å². The fourth-order valence-electron chi connectivity index (χ4n) is 2.56. The quantitative estimate of drug-likeness (QED) is 0.537. The fourth-order valence-corrected chi connectivity index (χ4v) is 2.56. The smallest absolute Gasteiger partial charge is 0.0414 e. The van der Waals surface area contributed by atoms with Gasteiger partial charge in [-0.05, 0) is 49.9 Å². The van der Waals surface area contributed by atoms with E-state index < -0.39 is 0 Å². The molecule has 0 aromatic rings. The fraction of sp³-hybridized carbons (Fsp3) is 1.00. The maximum atomic E-state index is 10.9. The molecule has 0 aromatic heterocycles. The summed E-state index contributed by atoms with van der Waals surface area (Å²) in [5, 5.41) is 10.9. The highest BCUT2D eigenvalue weighted by atomic mass is 16.3. The molecule has 0 radical (unpaired) electrons. The van der Waals surface area contributed by atoms with Gasteiger partial charge in [0.25, 0.3) is 0 Å². The van der Waals surface area contributed by atoms with Crippen LogP contribution in [0.2, 0.25) is 0 Å². The topological polar surface area (TPSA) is 23.1 Å². The highest BCUT2D eigenvalue weighted by molar-refractivity contribution is 4.90. The molecule has 0 aliphatic heterocycles. The molecule has 3 aliphatic carbocycles. The van der Waals surface area contributed by atoms with Crippen LogP contribution in [0.1, 0.15) is 38.5 Å². The van der Waals surface area contributed by atoms with E-state index in [4.69, 9.17) is 0 Å². The van der Waals surface area contributed by atoms with Crippen LogP contribution in [0.4, 0.5) is 0 Å². The van der Waals surface area contributed by atoms with Crippen molar-refractivity contribution in [2.45, 2.75) is 38.5 Å². The Morgan fingerprint density at radius 2 is 1.60 bits per heavy atom. The summed E-state index contributed by atoms with van der Waals surface area (Å²) in [5.74, 6) is 0.994. The number of hydrogen-bond donors (Lipinski definition) is 0. The number of fused-ring (bicyclic) bond motifs is 3. The van der Waals surface area contributed by atoms with Gasteiger partial charge in [0.05, 0.1) is 0 Å². The molecule has 0 atom stereocenters. The Morgan fingerprint density at radius 1 is 1.10 bits per heavy atom. The Morgan fingerprint density at radius 3 is 1.90 bits per heavy atom. The van der Waals surface area contributed by atoms with Crippen molar-refractivity contribution in [3.05, 3.63) is 0 Å². The molecule has 0 saturated heterocycles. The van der Waals surface area contributed by atoms with Gasteiger partial charge in [-0.3, -0.25) is 0 Å². The molecule has 1 heteroatoms. The predicted octanol–water partition coefficient (Wildman–Crippen LogP) is 1.32. The molecular formula is C9H15O-. The second kappa shape index (κ2) is 2.23. The van der Waals surface area contributed by atoms with Crippen LogP contribution in [0, 0.1) is 11.3 Å². The van der Waals surface area contributed by atoms with Crippen LogP contribution in [0.15, 0.2) is 0 Å². The van der Waals surface area contributed by atoms with Crippen LogP contribution < -0.4 is 5.11 Å². The van der Waals surface area contributed by atoms with E-state index in [1.54, 1.807) is 0 Å². The first-order chi connectivity index (χ1) is 4.85.